The van der Waals surface area contributed by atoms with Gasteiger partial charge in [-0.05, 0) is 63.1 Å². The molecule has 92 valence electrons. The van der Waals surface area contributed by atoms with E-state index >= 15 is 0 Å². The second kappa shape index (κ2) is 4.77. The lowest BCUT2D eigenvalue weighted by Gasteiger charge is -2.18. The van der Waals surface area contributed by atoms with Crippen molar-refractivity contribution in [3.8, 4) is 0 Å². The summed E-state index contributed by atoms with van der Waals surface area (Å²) in [4.78, 5) is 4.58. The third kappa shape index (κ3) is 2.37. The highest BCUT2D eigenvalue weighted by Crippen LogP contribution is 2.38. The molecule has 2 nitrogen and oxygen atoms in total. The van der Waals surface area contributed by atoms with E-state index in [2.05, 4.69) is 29.5 Å². The summed E-state index contributed by atoms with van der Waals surface area (Å²) >= 11 is 0. The van der Waals surface area contributed by atoms with E-state index < -0.39 is 0 Å². The number of hydrogen-bond acceptors (Lipinski definition) is 2. The van der Waals surface area contributed by atoms with Gasteiger partial charge >= 0.3 is 0 Å². The Hall–Kier alpha value is -0.890. The van der Waals surface area contributed by atoms with Gasteiger partial charge in [0, 0.05) is 23.9 Å². The Labute approximate surface area is 104 Å². The summed E-state index contributed by atoms with van der Waals surface area (Å²) in [7, 11) is 2.11. The average molecular weight is 230 g/mol. The lowest BCUT2D eigenvalue weighted by Crippen LogP contribution is -2.27. The SMILES string of the molecule is CNC(CCC1CCc2cccnc21)C1CC1. The van der Waals surface area contributed by atoms with Crippen molar-refractivity contribution in [2.24, 2.45) is 5.92 Å². The molecule has 0 aliphatic heterocycles. The number of fused-ring (bicyclic) bond motifs is 1. The van der Waals surface area contributed by atoms with Crippen LogP contribution in [0, 0.1) is 5.92 Å². The minimum absolute atomic E-state index is 0.723. The fraction of sp³-hybridized carbons (Fsp3) is 0.667. The summed E-state index contributed by atoms with van der Waals surface area (Å²) in [6, 6.07) is 5.07. The van der Waals surface area contributed by atoms with Crippen molar-refractivity contribution >= 4 is 0 Å². The zero-order valence-corrected chi connectivity index (χ0v) is 10.7. The van der Waals surface area contributed by atoms with Gasteiger partial charge in [0.15, 0.2) is 0 Å². The number of nitrogens with one attached hydrogen (secondary N) is 1. The van der Waals surface area contributed by atoms with Crippen LogP contribution >= 0.6 is 0 Å². The lowest BCUT2D eigenvalue weighted by atomic mass is 9.95. The molecule has 1 fully saturated rings. The Bertz CT molecular complexity index is 384. The average Bonchev–Trinajstić information content (AvgIpc) is 3.12. The van der Waals surface area contributed by atoms with Gasteiger partial charge in [-0.15, -0.1) is 0 Å². The number of rotatable bonds is 5. The maximum absolute atomic E-state index is 4.58. The van der Waals surface area contributed by atoms with Crippen LogP contribution in [0.2, 0.25) is 0 Å². The molecule has 1 aromatic rings. The molecule has 0 spiro atoms. The van der Waals surface area contributed by atoms with Crippen LogP contribution < -0.4 is 5.32 Å². The second-order valence-electron chi connectivity index (χ2n) is 5.59. The molecule has 1 aromatic heterocycles. The zero-order valence-electron chi connectivity index (χ0n) is 10.7. The van der Waals surface area contributed by atoms with E-state index in [9.17, 15) is 0 Å². The lowest BCUT2D eigenvalue weighted by molar-refractivity contribution is 0.429. The molecule has 2 aliphatic carbocycles. The molecule has 1 saturated carbocycles. The normalized spacial score (nSPS) is 24.6. The van der Waals surface area contributed by atoms with Crippen LogP contribution in [0.4, 0.5) is 0 Å². The van der Waals surface area contributed by atoms with Crippen molar-refractivity contribution in [2.45, 2.75) is 50.5 Å². The molecule has 1 heterocycles. The second-order valence-corrected chi connectivity index (χ2v) is 5.59. The minimum atomic E-state index is 0.723. The van der Waals surface area contributed by atoms with Gasteiger partial charge in [0.1, 0.15) is 0 Å². The molecule has 0 amide bonds. The third-order valence-electron chi connectivity index (χ3n) is 4.46. The van der Waals surface area contributed by atoms with Crippen LogP contribution in [-0.4, -0.2) is 18.1 Å². The molecule has 2 atom stereocenters. The van der Waals surface area contributed by atoms with Gasteiger partial charge in [-0.3, -0.25) is 4.98 Å². The number of aryl methyl sites for hydroxylation is 1. The Morgan fingerprint density at radius 1 is 1.41 bits per heavy atom. The fourth-order valence-corrected chi connectivity index (χ4v) is 3.27. The third-order valence-corrected chi connectivity index (χ3v) is 4.46. The highest BCUT2D eigenvalue weighted by molar-refractivity contribution is 5.28. The van der Waals surface area contributed by atoms with Crippen LogP contribution in [0.5, 0.6) is 0 Å². The molecule has 0 radical (unpaired) electrons. The first-order chi connectivity index (χ1) is 8.38. The standard InChI is InChI=1S/C15H22N2/c1-16-14(11-4-5-11)9-8-13-7-6-12-3-2-10-17-15(12)13/h2-3,10-11,13-14,16H,4-9H2,1H3. The zero-order chi connectivity index (χ0) is 11.7. The first-order valence-electron chi connectivity index (χ1n) is 6.99. The van der Waals surface area contributed by atoms with Gasteiger partial charge in [0.05, 0.1) is 0 Å². The highest BCUT2D eigenvalue weighted by atomic mass is 14.9. The van der Waals surface area contributed by atoms with E-state index in [0.29, 0.717) is 0 Å². The summed E-state index contributed by atoms with van der Waals surface area (Å²) in [6.07, 6.45) is 10.0. The van der Waals surface area contributed by atoms with Gasteiger partial charge in [-0.25, -0.2) is 0 Å². The van der Waals surface area contributed by atoms with Crippen LogP contribution in [0.3, 0.4) is 0 Å². The summed E-state index contributed by atoms with van der Waals surface area (Å²) in [6.45, 7) is 0. The molecule has 0 aromatic carbocycles. The smallest absolute Gasteiger partial charge is 0.0466 e. The van der Waals surface area contributed by atoms with Crippen molar-refractivity contribution in [3.63, 3.8) is 0 Å². The maximum Gasteiger partial charge on any atom is 0.0466 e. The van der Waals surface area contributed by atoms with Crippen molar-refractivity contribution < 1.29 is 0 Å². The molecular formula is C15H22N2. The summed E-state index contributed by atoms with van der Waals surface area (Å²) in [5.74, 6) is 1.69. The molecule has 2 unspecified atom stereocenters. The molecular weight excluding hydrogens is 208 g/mol. The van der Waals surface area contributed by atoms with Crippen molar-refractivity contribution in [2.75, 3.05) is 7.05 Å². The largest absolute Gasteiger partial charge is 0.317 e. The Morgan fingerprint density at radius 3 is 3.06 bits per heavy atom. The fourth-order valence-electron chi connectivity index (χ4n) is 3.27. The molecule has 17 heavy (non-hydrogen) atoms. The summed E-state index contributed by atoms with van der Waals surface area (Å²) in [5.41, 5.74) is 2.88. The van der Waals surface area contributed by atoms with Crippen LogP contribution in [0.25, 0.3) is 0 Å². The molecule has 1 N–H and O–H groups in total. The summed E-state index contributed by atoms with van der Waals surface area (Å²) < 4.78 is 0. The first-order valence-corrected chi connectivity index (χ1v) is 6.99. The van der Waals surface area contributed by atoms with E-state index in [-0.39, 0.29) is 0 Å². The van der Waals surface area contributed by atoms with Crippen LogP contribution in [-0.2, 0) is 6.42 Å². The molecule has 0 saturated heterocycles. The van der Waals surface area contributed by atoms with Gasteiger partial charge in [-0.1, -0.05) is 6.07 Å². The van der Waals surface area contributed by atoms with Crippen LogP contribution in [0.1, 0.15) is 49.3 Å². The van der Waals surface area contributed by atoms with Gasteiger partial charge in [0.2, 0.25) is 0 Å². The molecule has 0 bridgehead atoms. The van der Waals surface area contributed by atoms with E-state index in [1.807, 2.05) is 6.20 Å². The van der Waals surface area contributed by atoms with Crippen molar-refractivity contribution in [1.82, 2.24) is 10.3 Å². The van der Waals surface area contributed by atoms with Crippen molar-refractivity contribution in [1.29, 1.82) is 0 Å². The predicted molar refractivity (Wildman–Crippen MR) is 70.1 cm³/mol. The number of nitrogens with zero attached hydrogens (tertiary/aromatic N) is 1. The van der Waals surface area contributed by atoms with Gasteiger partial charge in [0.25, 0.3) is 0 Å². The van der Waals surface area contributed by atoms with Gasteiger partial charge in [-0.2, -0.15) is 0 Å². The first kappa shape index (κ1) is 11.2. The Balaban J connectivity index is 1.59. The monoisotopic (exact) mass is 230 g/mol. The molecule has 2 heteroatoms. The van der Waals surface area contributed by atoms with Crippen molar-refractivity contribution in [3.05, 3.63) is 29.6 Å². The predicted octanol–water partition coefficient (Wildman–Crippen LogP) is 2.89. The quantitative estimate of drug-likeness (QED) is 0.841. The van der Waals surface area contributed by atoms with E-state index in [1.54, 1.807) is 0 Å². The number of aromatic nitrogens is 1. The minimum Gasteiger partial charge on any atom is -0.317 e. The van der Waals surface area contributed by atoms with E-state index in [0.717, 1.165) is 17.9 Å². The Morgan fingerprint density at radius 2 is 2.29 bits per heavy atom. The summed E-state index contributed by atoms with van der Waals surface area (Å²) in [5, 5.41) is 3.49. The maximum atomic E-state index is 4.58. The van der Waals surface area contributed by atoms with E-state index in [1.165, 1.54) is 49.8 Å². The van der Waals surface area contributed by atoms with Crippen LogP contribution in [0.15, 0.2) is 18.3 Å². The van der Waals surface area contributed by atoms with E-state index in [4.69, 9.17) is 0 Å². The Kier molecular flexibility index (Phi) is 3.15. The molecule has 3 rings (SSSR count). The topological polar surface area (TPSA) is 24.9 Å². The number of hydrogen-bond donors (Lipinski definition) is 1. The molecule has 2 aliphatic rings. The van der Waals surface area contributed by atoms with Gasteiger partial charge < -0.3 is 5.32 Å². The highest BCUT2D eigenvalue weighted by Gasteiger charge is 2.31. The number of pyridine rings is 1.